The van der Waals surface area contributed by atoms with Crippen molar-refractivity contribution in [3.8, 4) is 0 Å². The fourth-order valence-electron chi connectivity index (χ4n) is 2.31. The van der Waals surface area contributed by atoms with Gasteiger partial charge in [0.1, 0.15) is 6.04 Å². The zero-order chi connectivity index (χ0) is 16.6. The molecule has 0 aromatic rings. The molecule has 2 N–H and O–H groups in total. The van der Waals surface area contributed by atoms with Gasteiger partial charge >= 0.3 is 5.97 Å². The van der Waals surface area contributed by atoms with Crippen LogP contribution in [0.3, 0.4) is 0 Å². The molecule has 0 spiro atoms. The molecule has 0 aliphatic carbocycles. The lowest BCUT2D eigenvalue weighted by molar-refractivity contribution is -0.140. The molecule has 5 heteroatoms. The zero-order valence-electron chi connectivity index (χ0n) is 14.2. The fourth-order valence-corrected chi connectivity index (χ4v) is 3.35. The molecule has 0 unspecified atom stereocenters. The van der Waals surface area contributed by atoms with Gasteiger partial charge in [0, 0.05) is 12.7 Å². The number of carboxylic acids is 1. The van der Waals surface area contributed by atoms with Crippen LogP contribution in [0.15, 0.2) is 0 Å². The summed E-state index contributed by atoms with van der Waals surface area (Å²) in [5.74, 6) is 0.185. The van der Waals surface area contributed by atoms with Crippen molar-refractivity contribution in [1.82, 2.24) is 5.32 Å². The van der Waals surface area contributed by atoms with Gasteiger partial charge < -0.3 is 10.4 Å². The van der Waals surface area contributed by atoms with Gasteiger partial charge in [0.25, 0.3) is 0 Å². The Bertz CT molecular complexity index is 298. The van der Waals surface area contributed by atoms with E-state index in [4.69, 9.17) is 5.11 Å². The summed E-state index contributed by atoms with van der Waals surface area (Å²) in [5, 5.41) is 11.4. The summed E-state index contributed by atoms with van der Waals surface area (Å²) < 4.78 is 0. The van der Waals surface area contributed by atoms with Crippen molar-refractivity contribution in [1.29, 1.82) is 0 Å². The quantitative estimate of drug-likeness (QED) is 0.441. The molecule has 130 valence electrons. The van der Waals surface area contributed by atoms with Crippen molar-refractivity contribution < 1.29 is 14.7 Å². The maximum Gasteiger partial charge on any atom is 0.327 e. The number of aliphatic carboxylic acids is 1. The number of carbonyl (C=O) groups excluding carboxylic acids is 1. The third kappa shape index (κ3) is 14.2. The maximum atomic E-state index is 10.9. The molecule has 22 heavy (non-hydrogen) atoms. The smallest absolute Gasteiger partial charge is 0.327 e. The second-order valence-corrected chi connectivity index (χ2v) is 7.00. The minimum atomic E-state index is -0.953. The monoisotopic (exact) mass is 331 g/mol. The van der Waals surface area contributed by atoms with E-state index in [0.717, 1.165) is 12.2 Å². The molecule has 1 atom stereocenters. The summed E-state index contributed by atoms with van der Waals surface area (Å²) in [4.78, 5) is 21.8. The van der Waals surface area contributed by atoms with Gasteiger partial charge in [-0.1, -0.05) is 64.7 Å². The standard InChI is InChI=1S/C17H33NO3S/c1-3-4-5-6-7-8-9-10-11-12-13-22-14-16(17(20)21)18-15(2)19/h16H,3-14H2,1-2H3,(H,18,19)(H,20,21)/t16-/m0/s1. The van der Waals surface area contributed by atoms with Gasteiger partial charge in [-0.2, -0.15) is 11.8 Å². The van der Waals surface area contributed by atoms with Crippen LogP contribution in [-0.2, 0) is 9.59 Å². The van der Waals surface area contributed by atoms with Crippen molar-refractivity contribution in [3.05, 3.63) is 0 Å². The van der Waals surface area contributed by atoms with Crippen LogP contribution in [0.5, 0.6) is 0 Å². The number of amides is 1. The molecular weight excluding hydrogens is 298 g/mol. The molecule has 0 aromatic heterocycles. The topological polar surface area (TPSA) is 66.4 Å². The van der Waals surface area contributed by atoms with Crippen molar-refractivity contribution in [2.45, 2.75) is 84.1 Å². The van der Waals surface area contributed by atoms with E-state index in [1.54, 1.807) is 11.8 Å². The molecular formula is C17H33NO3S. The normalized spacial score (nSPS) is 12.1. The van der Waals surface area contributed by atoms with E-state index in [9.17, 15) is 9.59 Å². The number of thioether (sulfide) groups is 1. The highest BCUT2D eigenvalue weighted by Crippen LogP contribution is 2.13. The summed E-state index contributed by atoms with van der Waals surface area (Å²) in [6.45, 7) is 3.59. The maximum absolute atomic E-state index is 10.9. The summed E-state index contributed by atoms with van der Waals surface area (Å²) >= 11 is 1.61. The summed E-state index contributed by atoms with van der Waals surface area (Å²) in [6.07, 6.45) is 13.1. The Kier molecular flexibility index (Phi) is 14.7. The summed E-state index contributed by atoms with van der Waals surface area (Å²) in [7, 11) is 0. The van der Waals surface area contributed by atoms with Gasteiger partial charge in [0.15, 0.2) is 0 Å². The molecule has 0 bridgehead atoms. The molecule has 0 aromatic carbocycles. The van der Waals surface area contributed by atoms with Crippen LogP contribution in [0.1, 0.15) is 78.1 Å². The number of hydrogen-bond acceptors (Lipinski definition) is 3. The first-order chi connectivity index (χ1) is 10.6. The molecule has 0 aliphatic rings. The van der Waals surface area contributed by atoms with Crippen LogP contribution in [0.2, 0.25) is 0 Å². The second-order valence-electron chi connectivity index (χ2n) is 5.85. The van der Waals surface area contributed by atoms with Gasteiger partial charge in [-0.05, 0) is 12.2 Å². The van der Waals surface area contributed by atoms with Gasteiger partial charge in [-0.15, -0.1) is 0 Å². The average molecular weight is 332 g/mol. The van der Waals surface area contributed by atoms with E-state index < -0.39 is 12.0 Å². The lowest BCUT2D eigenvalue weighted by atomic mass is 10.1. The van der Waals surface area contributed by atoms with E-state index in [1.807, 2.05) is 0 Å². The van der Waals surface area contributed by atoms with Gasteiger partial charge in [-0.3, -0.25) is 4.79 Å². The Balaban J connectivity index is 3.35. The van der Waals surface area contributed by atoms with Crippen LogP contribution in [0.25, 0.3) is 0 Å². The first kappa shape index (κ1) is 21.3. The Labute approximate surface area is 139 Å². The van der Waals surface area contributed by atoms with Crippen molar-refractivity contribution in [2.75, 3.05) is 11.5 Å². The third-order valence-electron chi connectivity index (χ3n) is 3.60. The van der Waals surface area contributed by atoms with Crippen LogP contribution >= 0.6 is 11.8 Å². The molecule has 0 saturated carbocycles. The molecule has 0 rings (SSSR count). The molecule has 4 nitrogen and oxygen atoms in total. The minimum Gasteiger partial charge on any atom is -0.480 e. The van der Waals surface area contributed by atoms with Gasteiger partial charge in [-0.25, -0.2) is 4.79 Å². The van der Waals surface area contributed by atoms with Crippen LogP contribution in [0, 0.1) is 0 Å². The van der Waals surface area contributed by atoms with E-state index in [2.05, 4.69) is 12.2 Å². The van der Waals surface area contributed by atoms with E-state index >= 15 is 0 Å². The van der Waals surface area contributed by atoms with Crippen LogP contribution < -0.4 is 5.32 Å². The molecule has 0 radical (unpaired) electrons. The van der Waals surface area contributed by atoms with E-state index in [1.165, 1.54) is 64.7 Å². The second kappa shape index (κ2) is 15.2. The summed E-state index contributed by atoms with van der Waals surface area (Å²) in [5.41, 5.74) is 0. The Morgan fingerprint density at radius 3 is 1.91 bits per heavy atom. The third-order valence-corrected chi connectivity index (χ3v) is 4.75. The number of rotatable bonds is 15. The number of nitrogens with one attached hydrogen (secondary N) is 1. The van der Waals surface area contributed by atoms with Crippen molar-refractivity contribution in [3.63, 3.8) is 0 Å². The molecule has 1 amide bonds. The van der Waals surface area contributed by atoms with Crippen molar-refractivity contribution >= 4 is 23.6 Å². The highest BCUT2D eigenvalue weighted by molar-refractivity contribution is 7.99. The molecule has 0 saturated heterocycles. The van der Waals surface area contributed by atoms with Crippen LogP contribution in [0.4, 0.5) is 0 Å². The number of carbonyl (C=O) groups is 2. The molecule has 0 aliphatic heterocycles. The van der Waals surface area contributed by atoms with Crippen LogP contribution in [-0.4, -0.2) is 34.5 Å². The Hall–Kier alpha value is -0.710. The first-order valence-electron chi connectivity index (χ1n) is 8.65. The lowest BCUT2D eigenvalue weighted by Gasteiger charge is -2.12. The van der Waals surface area contributed by atoms with E-state index in [0.29, 0.717) is 5.75 Å². The Morgan fingerprint density at radius 2 is 1.45 bits per heavy atom. The number of hydrogen-bond donors (Lipinski definition) is 2. The average Bonchev–Trinajstić information content (AvgIpc) is 2.46. The number of unbranched alkanes of at least 4 members (excludes halogenated alkanes) is 9. The number of carboxylic acid groups (broad SMARTS) is 1. The highest BCUT2D eigenvalue weighted by Gasteiger charge is 2.17. The van der Waals surface area contributed by atoms with Crippen molar-refractivity contribution in [2.24, 2.45) is 0 Å². The van der Waals surface area contributed by atoms with E-state index in [-0.39, 0.29) is 5.91 Å². The fraction of sp³-hybridized carbons (Fsp3) is 0.882. The zero-order valence-corrected chi connectivity index (χ0v) is 15.1. The predicted octanol–water partition coefficient (Wildman–Crippen LogP) is 4.23. The highest BCUT2D eigenvalue weighted by atomic mass is 32.2. The Morgan fingerprint density at radius 1 is 0.955 bits per heavy atom. The SMILES string of the molecule is CCCCCCCCCCCCSC[C@H](NC(C)=O)C(=O)O. The largest absolute Gasteiger partial charge is 0.480 e. The van der Waals surface area contributed by atoms with Gasteiger partial charge in [0.05, 0.1) is 0 Å². The van der Waals surface area contributed by atoms with Gasteiger partial charge in [0.2, 0.25) is 5.91 Å². The molecule has 0 fully saturated rings. The molecule has 0 heterocycles. The minimum absolute atomic E-state index is 0.285. The first-order valence-corrected chi connectivity index (χ1v) is 9.81. The predicted molar refractivity (Wildman–Crippen MR) is 94.4 cm³/mol. The summed E-state index contributed by atoms with van der Waals surface area (Å²) in [6, 6.07) is -0.759. The lowest BCUT2D eigenvalue weighted by Crippen LogP contribution is -2.41.